The number of aromatic nitrogens is 4. The number of hydrogen-bond acceptors (Lipinski definition) is 4. The maximum absolute atomic E-state index is 6.14. The molecule has 0 saturated heterocycles. The topological polar surface area (TPSA) is 56.7 Å². The molecule has 108 valence electrons. The quantitative estimate of drug-likeness (QED) is 0.658. The molecule has 5 nitrogen and oxygen atoms in total. The third kappa shape index (κ3) is 2.97. The Morgan fingerprint density at radius 2 is 2.14 bits per heavy atom. The van der Waals surface area contributed by atoms with Crippen molar-refractivity contribution in [3.63, 3.8) is 0 Å². The standard InChI is InChI=1S/C13H9BrCl2N4O/c1-7(20-6-8(14)5-17-20)13-18-12(19-21-13)10-3-2-9(15)4-11(10)16/h2-7H,1H3. The van der Waals surface area contributed by atoms with Gasteiger partial charge in [0.25, 0.3) is 5.89 Å². The predicted octanol–water partition coefficient (Wildman–Crippen LogP) is 4.61. The Labute approximate surface area is 139 Å². The van der Waals surface area contributed by atoms with Crippen molar-refractivity contribution in [3.05, 3.63) is 51.0 Å². The summed E-state index contributed by atoms with van der Waals surface area (Å²) >= 11 is 15.4. The molecule has 0 aliphatic carbocycles. The third-order valence-electron chi connectivity index (χ3n) is 2.94. The van der Waals surface area contributed by atoms with E-state index in [4.69, 9.17) is 27.7 Å². The van der Waals surface area contributed by atoms with Gasteiger partial charge in [0.1, 0.15) is 6.04 Å². The van der Waals surface area contributed by atoms with Crippen LogP contribution in [-0.2, 0) is 0 Å². The van der Waals surface area contributed by atoms with Crippen LogP contribution in [0.2, 0.25) is 10.0 Å². The van der Waals surface area contributed by atoms with Gasteiger partial charge in [0, 0.05) is 16.8 Å². The van der Waals surface area contributed by atoms with Crippen molar-refractivity contribution in [1.82, 2.24) is 19.9 Å². The molecule has 0 fully saturated rings. The summed E-state index contributed by atoms with van der Waals surface area (Å²) in [6.07, 6.45) is 3.54. The molecule has 2 heterocycles. The average Bonchev–Trinajstić information content (AvgIpc) is 3.07. The highest BCUT2D eigenvalue weighted by atomic mass is 79.9. The second-order valence-electron chi connectivity index (χ2n) is 4.39. The Bertz CT molecular complexity index is 786. The smallest absolute Gasteiger partial charge is 0.251 e. The van der Waals surface area contributed by atoms with Gasteiger partial charge in [-0.05, 0) is 41.1 Å². The van der Waals surface area contributed by atoms with E-state index in [1.165, 1.54) is 0 Å². The molecule has 1 atom stereocenters. The van der Waals surface area contributed by atoms with Crippen molar-refractivity contribution in [2.75, 3.05) is 0 Å². The zero-order valence-electron chi connectivity index (χ0n) is 10.8. The van der Waals surface area contributed by atoms with Gasteiger partial charge in [-0.25, -0.2) is 0 Å². The molecular weight excluding hydrogens is 379 g/mol. The van der Waals surface area contributed by atoms with E-state index in [-0.39, 0.29) is 6.04 Å². The largest absolute Gasteiger partial charge is 0.337 e. The Balaban J connectivity index is 1.92. The number of halogens is 3. The molecule has 0 aliphatic rings. The van der Waals surface area contributed by atoms with Crippen LogP contribution in [0.15, 0.2) is 39.6 Å². The number of benzene rings is 1. The lowest BCUT2D eigenvalue weighted by Gasteiger charge is -2.05. The van der Waals surface area contributed by atoms with Crippen LogP contribution in [0.4, 0.5) is 0 Å². The van der Waals surface area contributed by atoms with Crippen LogP contribution in [0.3, 0.4) is 0 Å². The summed E-state index contributed by atoms with van der Waals surface area (Å²) in [6, 6.07) is 4.95. The molecule has 0 radical (unpaired) electrons. The van der Waals surface area contributed by atoms with Crippen molar-refractivity contribution in [3.8, 4) is 11.4 Å². The van der Waals surface area contributed by atoms with Gasteiger partial charge in [-0.15, -0.1) is 0 Å². The van der Waals surface area contributed by atoms with Crippen LogP contribution < -0.4 is 0 Å². The first kappa shape index (κ1) is 14.6. The van der Waals surface area contributed by atoms with Gasteiger partial charge in [0.05, 0.1) is 15.7 Å². The molecule has 2 aromatic heterocycles. The van der Waals surface area contributed by atoms with Crippen molar-refractivity contribution >= 4 is 39.1 Å². The minimum Gasteiger partial charge on any atom is -0.337 e. The minimum atomic E-state index is -0.177. The molecule has 1 unspecified atom stereocenters. The normalized spacial score (nSPS) is 12.6. The molecular formula is C13H9BrCl2N4O. The molecule has 0 spiro atoms. The zero-order valence-corrected chi connectivity index (χ0v) is 13.9. The van der Waals surface area contributed by atoms with E-state index in [1.54, 1.807) is 29.1 Å². The van der Waals surface area contributed by atoms with E-state index >= 15 is 0 Å². The van der Waals surface area contributed by atoms with E-state index in [9.17, 15) is 0 Å². The van der Waals surface area contributed by atoms with Crippen LogP contribution >= 0.6 is 39.1 Å². The molecule has 3 aromatic rings. The molecule has 0 aliphatic heterocycles. The molecule has 3 rings (SSSR count). The molecule has 21 heavy (non-hydrogen) atoms. The first-order valence-electron chi connectivity index (χ1n) is 6.03. The van der Waals surface area contributed by atoms with Gasteiger partial charge in [-0.2, -0.15) is 10.1 Å². The Kier molecular flexibility index (Phi) is 4.01. The highest BCUT2D eigenvalue weighted by Crippen LogP contribution is 2.29. The molecule has 8 heteroatoms. The molecule has 1 aromatic carbocycles. The predicted molar refractivity (Wildman–Crippen MR) is 83.5 cm³/mol. The van der Waals surface area contributed by atoms with Gasteiger partial charge in [0.15, 0.2) is 0 Å². The second-order valence-corrected chi connectivity index (χ2v) is 6.15. The fourth-order valence-electron chi connectivity index (χ4n) is 1.82. The summed E-state index contributed by atoms with van der Waals surface area (Å²) in [6.45, 7) is 1.92. The molecule has 0 saturated carbocycles. The summed E-state index contributed by atoms with van der Waals surface area (Å²) in [5.41, 5.74) is 0.671. The average molecular weight is 388 g/mol. The number of nitrogens with zero attached hydrogens (tertiary/aromatic N) is 4. The summed E-state index contributed by atoms with van der Waals surface area (Å²) in [5, 5.41) is 9.20. The van der Waals surface area contributed by atoms with Gasteiger partial charge in [-0.1, -0.05) is 28.4 Å². The maximum Gasteiger partial charge on any atom is 0.251 e. The Morgan fingerprint density at radius 1 is 1.33 bits per heavy atom. The fourth-order valence-corrected chi connectivity index (χ4v) is 2.62. The first-order valence-corrected chi connectivity index (χ1v) is 7.58. The van der Waals surface area contributed by atoms with Gasteiger partial charge < -0.3 is 4.52 Å². The Morgan fingerprint density at radius 3 is 2.81 bits per heavy atom. The van der Waals surface area contributed by atoms with E-state index < -0.39 is 0 Å². The summed E-state index contributed by atoms with van der Waals surface area (Å²) in [5.74, 6) is 0.872. The monoisotopic (exact) mass is 386 g/mol. The molecule has 0 amide bonds. The highest BCUT2D eigenvalue weighted by Gasteiger charge is 2.18. The van der Waals surface area contributed by atoms with Gasteiger partial charge in [0.2, 0.25) is 5.82 Å². The van der Waals surface area contributed by atoms with E-state index in [2.05, 4.69) is 31.2 Å². The van der Waals surface area contributed by atoms with Gasteiger partial charge >= 0.3 is 0 Å². The van der Waals surface area contributed by atoms with Crippen molar-refractivity contribution in [2.45, 2.75) is 13.0 Å². The zero-order chi connectivity index (χ0) is 15.0. The van der Waals surface area contributed by atoms with Crippen LogP contribution in [0, 0.1) is 0 Å². The van der Waals surface area contributed by atoms with Crippen LogP contribution in [0.5, 0.6) is 0 Å². The van der Waals surface area contributed by atoms with Crippen molar-refractivity contribution in [1.29, 1.82) is 0 Å². The maximum atomic E-state index is 6.14. The lowest BCUT2D eigenvalue weighted by molar-refractivity contribution is 0.336. The van der Waals surface area contributed by atoms with Crippen molar-refractivity contribution in [2.24, 2.45) is 0 Å². The Hall–Kier alpha value is -1.37. The van der Waals surface area contributed by atoms with E-state index in [0.29, 0.717) is 27.3 Å². The molecule has 0 bridgehead atoms. The SMILES string of the molecule is CC(c1nc(-c2ccc(Cl)cc2Cl)no1)n1cc(Br)cn1. The van der Waals surface area contributed by atoms with Crippen LogP contribution in [0.25, 0.3) is 11.4 Å². The number of hydrogen-bond donors (Lipinski definition) is 0. The first-order chi connectivity index (χ1) is 10.0. The number of rotatable bonds is 3. The molecule has 0 N–H and O–H groups in total. The lowest BCUT2D eigenvalue weighted by Crippen LogP contribution is -2.07. The van der Waals surface area contributed by atoms with Crippen molar-refractivity contribution < 1.29 is 4.52 Å². The lowest BCUT2D eigenvalue weighted by atomic mass is 10.2. The van der Waals surface area contributed by atoms with Crippen LogP contribution in [-0.4, -0.2) is 19.9 Å². The van der Waals surface area contributed by atoms with Gasteiger partial charge in [-0.3, -0.25) is 4.68 Å². The van der Waals surface area contributed by atoms with E-state index in [1.807, 2.05) is 13.1 Å². The second kappa shape index (κ2) is 5.79. The summed E-state index contributed by atoms with van der Waals surface area (Å²) < 4.78 is 7.91. The summed E-state index contributed by atoms with van der Waals surface area (Å²) in [7, 11) is 0. The van der Waals surface area contributed by atoms with Crippen LogP contribution in [0.1, 0.15) is 18.9 Å². The summed E-state index contributed by atoms with van der Waals surface area (Å²) in [4.78, 5) is 4.38. The van der Waals surface area contributed by atoms with E-state index in [0.717, 1.165) is 4.47 Å². The fraction of sp³-hybridized carbons (Fsp3) is 0.154. The third-order valence-corrected chi connectivity index (χ3v) is 3.90. The highest BCUT2D eigenvalue weighted by molar-refractivity contribution is 9.10. The minimum absolute atomic E-state index is 0.177.